The number of aromatic amines is 1. The molecule has 0 spiro atoms. The van der Waals surface area contributed by atoms with Crippen LogP contribution in [0.2, 0.25) is 10.0 Å². The third-order valence-corrected chi connectivity index (χ3v) is 4.79. The van der Waals surface area contributed by atoms with Crippen molar-refractivity contribution in [1.29, 1.82) is 0 Å². The topological polar surface area (TPSA) is 145 Å². The van der Waals surface area contributed by atoms with Crippen LogP contribution in [0.25, 0.3) is 11.3 Å². The molecule has 4 amide bonds. The average molecular weight is 489 g/mol. The number of hydrazine groups is 1. The minimum Gasteiger partial charge on any atom is -0.345 e. The first-order valence-corrected chi connectivity index (χ1v) is 10.3. The van der Waals surface area contributed by atoms with E-state index in [1.807, 2.05) is 30.3 Å². The van der Waals surface area contributed by atoms with Crippen LogP contribution in [-0.2, 0) is 9.59 Å². The third kappa shape index (κ3) is 6.79. The summed E-state index contributed by atoms with van der Waals surface area (Å²) < 4.78 is 0. The Kier molecular flexibility index (Phi) is 8.01. The third-order valence-electron chi connectivity index (χ3n) is 4.24. The van der Waals surface area contributed by atoms with Crippen LogP contribution in [0.1, 0.15) is 20.8 Å². The number of nitrogens with zero attached hydrogens (tertiary/aromatic N) is 1. The fourth-order valence-electron chi connectivity index (χ4n) is 2.60. The molecule has 33 heavy (non-hydrogen) atoms. The number of carbonyl (C=O) groups is 4. The molecule has 5 N–H and O–H groups in total. The minimum absolute atomic E-state index is 0.141. The molecule has 3 rings (SSSR count). The zero-order valence-corrected chi connectivity index (χ0v) is 18.5. The van der Waals surface area contributed by atoms with Crippen LogP contribution >= 0.6 is 23.2 Å². The molecular weight excluding hydrogens is 471 g/mol. The standard InChI is InChI=1S/C21H18Cl2N6O4/c22-13-6-7-14(15(23)8-13)20(32)25-10-18(30)24-11-19(31)28-29-21(33)17-9-16(26-27-17)12-4-2-1-3-5-12/h1-9H,10-11H2,(H,24,30)(H,25,32)(H,26,27)(H,28,31)(H,29,33). The van der Waals surface area contributed by atoms with E-state index in [2.05, 4.69) is 31.7 Å². The van der Waals surface area contributed by atoms with E-state index in [0.717, 1.165) is 5.56 Å². The van der Waals surface area contributed by atoms with E-state index >= 15 is 0 Å². The second-order valence-electron chi connectivity index (χ2n) is 6.62. The molecule has 0 atom stereocenters. The zero-order chi connectivity index (χ0) is 23.8. The summed E-state index contributed by atoms with van der Waals surface area (Å²) in [4.78, 5) is 47.9. The number of rotatable bonds is 7. The highest BCUT2D eigenvalue weighted by Crippen LogP contribution is 2.20. The lowest BCUT2D eigenvalue weighted by atomic mass is 10.1. The molecule has 1 aromatic heterocycles. The smallest absolute Gasteiger partial charge is 0.287 e. The number of benzene rings is 2. The van der Waals surface area contributed by atoms with Gasteiger partial charge in [0.25, 0.3) is 17.7 Å². The Hall–Kier alpha value is -3.89. The van der Waals surface area contributed by atoms with E-state index in [0.29, 0.717) is 10.7 Å². The lowest BCUT2D eigenvalue weighted by molar-refractivity contribution is -0.125. The number of H-pyrrole nitrogens is 1. The van der Waals surface area contributed by atoms with Gasteiger partial charge < -0.3 is 10.6 Å². The van der Waals surface area contributed by atoms with Crippen molar-refractivity contribution in [2.45, 2.75) is 0 Å². The lowest BCUT2D eigenvalue weighted by Gasteiger charge is -2.09. The SMILES string of the molecule is O=C(CNC(=O)c1ccc(Cl)cc1Cl)NCC(=O)NNC(=O)c1cc(-c2ccccc2)n[nH]1. The molecule has 0 fully saturated rings. The maximum atomic E-state index is 12.1. The van der Waals surface area contributed by atoms with Gasteiger partial charge in [0.05, 0.1) is 29.4 Å². The van der Waals surface area contributed by atoms with Gasteiger partial charge in [-0.2, -0.15) is 5.10 Å². The number of nitrogens with one attached hydrogen (secondary N) is 5. The van der Waals surface area contributed by atoms with Gasteiger partial charge in [-0.15, -0.1) is 0 Å². The van der Waals surface area contributed by atoms with Crippen LogP contribution in [0.15, 0.2) is 54.6 Å². The van der Waals surface area contributed by atoms with Crippen molar-refractivity contribution in [3.05, 3.63) is 75.9 Å². The van der Waals surface area contributed by atoms with Crippen molar-refractivity contribution in [2.24, 2.45) is 0 Å². The van der Waals surface area contributed by atoms with E-state index < -0.39 is 30.2 Å². The molecule has 0 unspecified atom stereocenters. The molecule has 0 bridgehead atoms. The highest BCUT2D eigenvalue weighted by Gasteiger charge is 2.14. The lowest BCUT2D eigenvalue weighted by Crippen LogP contribution is -2.47. The Morgan fingerprint density at radius 2 is 1.55 bits per heavy atom. The summed E-state index contributed by atoms with van der Waals surface area (Å²) in [5.41, 5.74) is 6.08. The first kappa shape index (κ1) is 23.8. The Morgan fingerprint density at radius 1 is 0.818 bits per heavy atom. The summed E-state index contributed by atoms with van der Waals surface area (Å²) in [6.07, 6.45) is 0. The summed E-state index contributed by atoms with van der Waals surface area (Å²) in [6.45, 7) is -0.803. The maximum Gasteiger partial charge on any atom is 0.287 e. The normalized spacial score (nSPS) is 10.2. The number of aromatic nitrogens is 2. The predicted octanol–water partition coefficient (Wildman–Crippen LogP) is 1.69. The van der Waals surface area contributed by atoms with E-state index in [4.69, 9.17) is 23.2 Å². The molecule has 170 valence electrons. The van der Waals surface area contributed by atoms with E-state index in [1.165, 1.54) is 24.3 Å². The number of halogens is 2. The first-order chi connectivity index (χ1) is 15.8. The second kappa shape index (κ2) is 11.1. The highest BCUT2D eigenvalue weighted by atomic mass is 35.5. The second-order valence-corrected chi connectivity index (χ2v) is 7.46. The first-order valence-electron chi connectivity index (χ1n) is 9.53. The fourth-order valence-corrected chi connectivity index (χ4v) is 3.10. The maximum absolute atomic E-state index is 12.1. The van der Waals surface area contributed by atoms with Crippen LogP contribution in [0.4, 0.5) is 0 Å². The van der Waals surface area contributed by atoms with Gasteiger partial charge in [0.1, 0.15) is 5.69 Å². The molecule has 10 nitrogen and oxygen atoms in total. The number of hydrogen-bond acceptors (Lipinski definition) is 5. The van der Waals surface area contributed by atoms with Gasteiger partial charge in [-0.25, -0.2) is 0 Å². The minimum atomic E-state index is -0.674. The van der Waals surface area contributed by atoms with Crippen LogP contribution in [0.3, 0.4) is 0 Å². The molecule has 2 aromatic carbocycles. The average Bonchev–Trinajstić information content (AvgIpc) is 3.30. The van der Waals surface area contributed by atoms with Crippen molar-refractivity contribution >= 4 is 46.8 Å². The van der Waals surface area contributed by atoms with E-state index in [1.54, 1.807) is 0 Å². The van der Waals surface area contributed by atoms with E-state index in [9.17, 15) is 19.2 Å². The molecule has 3 aromatic rings. The summed E-state index contributed by atoms with van der Waals surface area (Å²) >= 11 is 11.7. The van der Waals surface area contributed by atoms with Gasteiger partial charge in [0, 0.05) is 10.6 Å². The van der Waals surface area contributed by atoms with Crippen molar-refractivity contribution in [3.8, 4) is 11.3 Å². The van der Waals surface area contributed by atoms with Crippen molar-refractivity contribution < 1.29 is 19.2 Å². The Morgan fingerprint density at radius 3 is 2.27 bits per heavy atom. The van der Waals surface area contributed by atoms with Gasteiger partial charge in [-0.3, -0.25) is 35.1 Å². The summed E-state index contributed by atoms with van der Waals surface area (Å²) in [7, 11) is 0. The zero-order valence-electron chi connectivity index (χ0n) is 16.9. The highest BCUT2D eigenvalue weighted by molar-refractivity contribution is 6.36. The van der Waals surface area contributed by atoms with Gasteiger partial charge >= 0.3 is 0 Å². The van der Waals surface area contributed by atoms with Gasteiger partial charge in [0.2, 0.25) is 5.91 Å². The van der Waals surface area contributed by atoms with Crippen LogP contribution in [0, 0.1) is 0 Å². The summed E-state index contributed by atoms with van der Waals surface area (Å²) in [5, 5.41) is 11.8. The summed E-state index contributed by atoms with van der Waals surface area (Å²) in [5.74, 6) is -2.48. The molecule has 12 heteroatoms. The molecule has 0 aliphatic heterocycles. The Labute approximate surface area is 198 Å². The molecule has 1 heterocycles. The van der Waals surface area contributed by atoms with Crippen molar-refractivity contribution in [1.82, 2.24) is 31.7 Å². The largest absolute Gasteiger partial charge is 0.345 e. The number of carbonyl (C=O) groups excluding carboxylic acids is 4. The van der Waals surface area contributed by atoms with Crippen molar-refractivity contribution in [3.63, 3.8) is 0 Å². The summed E-state index contributed by atoms with van der Waals surface area (Å²) in [6, 6.07) is 15.1. The fraction of sp³-hybridized carbons (Fsp3) is 0.0952. The van der Waals surface area contributed by atoms with Gasteiger partial charge in [-0.05, 0) is 24.3 Å². The molecule has 0 radical (unpaired) electrons. The molecule has 0 aliphatic carbocycles. The molecule has 0 saturated carbocycles. The van der Waals surface area contributed by atoms with Gasteiger partial charge in [-0.1, -0.05) is 53.5 Å². The quantitative estimate of drug-likeness (QED) is 0.321. The van der Waals surface area contributed by atoms with Crippen LogP contribution in [0.5, 0.6) is 0 Å². The molecule has 0 saturated heterocycles. The molecular formula is C21H18Cl2N6O4. The number of hydrogen-bond donors (Lipinski definition) is 5. The monoisotopic (exact) mass is 488 g/mol. The van der Waals surface area contributed by atoms with Crippen LogP contribution in [-0.4, -0.2) is 46.9 Å². The Balaban J connectivity index is 1.38. The van der Waals surface area contributed by atoms with Gasteiger partial charge in [0.15, 0.2) is 0 Å². The Bertz CT molecular complexity index is 1180. The van der Waals surface area contributed by atoms with E-state index in [-0.39, 0.29) is 22.8 Å². The van der Waals surface area contributed by atoms with Crippen molar-refractivity contribution in [2.75, 3.05) is 13.1 Å². The molecule has 0 aliphatic rings. The predicted molar refractivity (Wildman–Crippen MR) is 121 cm³/mol. The van der Waals surface area contributed by atoms with Crippen LogP contribution < -0.4 is 21.5 Å². The number of amides is 4.